The van der Waals surface area contributed by atoms with Crippen molar-refractivity contribution >= 4 is 34.4 Å². The number of methoxy groups -OCH3 is 1. The molecule has 7 nitrogen and oxygen atoms in total. The summed E-state index contributed by atoms with van der Waals surface area (Å²) in [6.07, 6.45) is 3.51. The Balaban J connectivity index is 1.71. The number of nitrogens with zero attached hydrogens (tertiary/aromatic N) is 1. The van der Waals surface area contributed by atoms with Gasteiger partial charge in [-0.3, -0.25) is 10.1 Å². The topological polar surface area (TPSA) is 97.8 Å². The van der Waals surface area contributed by atoms with Gasteiger partial charge in [-0.25, -0.2) is 18.6 Å². The van der Waals surface area contributed by atoms with Crippen molar-refractivity contribution in [3.05, 3.63) is 69.6 Å². The maximum absolute atomic E-state index is 14.5. The Hall–Kier alpha value is -3.63. The number of anilines is 1. The lowest BCUT2D eigenvalue weighted by molar-refractivity contribution is -0.132. The van der Waals surface area contributed by atoms with E-state index in [0.717, 1.165) is 66.5 Å². The molecular weight excluding hydrogens is 526 g/mol. The number of benzene rings is 2. The van der Waals surface area contributed by atoms with Crippen LogP contribution < -0.4 is 10.1 Å². The average molecular weight is 559 g/mol. The Morgan fingerprint density at radius 1 is 1.18 bits per heavy atom. The number of aryl methyl sites for hydroxylation is 1. The molecular formula is C29H32F2N2O5S. The Morgan fingerprint density at radius 3 is 2.54 bits per heavy atom. The van der Waals surface area contributed by atoms with Crippen LogP contribution in [0.4, 0.5) is 13.9 Å². The summed E-state index contributed by atoms with van der Waals surface area (Å²) < 4.78 is 40.3. The van der Waals surface area contributed by atoms with Crippen LogP contribution in [0.1, 0.15) is 55.1 Å². The number of carboxylic acids is 1. The Kier molecular flexibility index (Phi) is 10.7. The van der Waals surface area contributed by atoms with Crippen LogP contribution in [0.3, 0.4) is 0 Å². The highest BCUT2D eigenvalue weighted by molar-refractivity contribution is 7.14. The lowest BCUT2D eigenvalue weighted by Gasteiger charge is -2.13. The smallest absolute Gasteiger partial charge is 0.331 e. The molecule has 0 bridgehead atoms. The number of hydrogen-bond acceptors (Lipinski definition) is 6. The van der Waals surface area contributed by atoms with E-state index in [0.29, 0.717) is 24.0 Å². The van der Waals surface area contributed by atoms with E-state index in [9.17, 15) is 18.4 Å². The second kappa shape index (κ2) is 14.0. The molecule has 0 aliphatic heterocycles. The van der Waals surface area contributed by atoms with E-state index in [-0.39, 0.29) is 16.3 Å². The highest BCUT2D eigenvalue weighted by atomic mass is 32.1. The molecule has 39 heavy (non-hydrogen) atoms. The van der Waals surface area contributed by atoms with Gasteiger partial charge in [0.15, 0.2) is 5.13 Å². The summed E-state index contributed by atoms with van der Waals surface area (Å²) in [7, 11) is 1.59. The molecule has 3 aromatic rings. The number of para-hydroxylation sites is 1. The minimum absolute atomic E-state index is 0.241. The zero-order chi connectivity index (χ0) is 28.5. The van der Waals surface area contributed by atoms with E-state index >= 15 is 0 Å². The molecule has 1 aromatic heterocycles. The lowest BCUT2D eigenvalue weighted by atomic mass is 10.0. The number of carbonyl (C=O) groups excluding carboxylic acids is 1. The largest absolute Gasteiger partial charge is 0.496 e. The first-order chi connectivity index (χ1) is 18.6. The summed E-state index contributed by atoms with van der Waals surface area (Å²) in [6.45, 7) is 6.95. The van der Waals surface area contributed by atoms with Gasteiger partial charge in [-0.2, -0.15) is 0 Å². The highest BCUT2D eigenvalue weighted by Crippen LogP contribution is 2.35. The van der Waals surface area contributed by atoms with Gasteiger partial charge in [0.25, 0.3) is 5.91 Å². The van der Waals surface area contributed by atoms with Gasteiger partial charge in [-0.05, 0) is 61.9 Å². The number of aliphatic carboxylic acids is 1. The molecule has 10 heteroatoms. The molecule has 2 aromatic carbocycles. The summed E-state index contributed by atoms with van der Waals surface area (Å²) in [4.78, 5) is 28.1. The highest BCUT2D eigenvalue weighted by Gasteiger charge is 2.18. The van der Waals surface area contributed by atoms with Crippen LogP contribution in [-0.4, -0.2) is 42.3 Å². The number of carbonyl (C=O) groups is 2. The number of aromatic nitrogens is 1. The van der Waals surface area contributed by atoms with E-state index in [1.807, 2.05) is 18.2 Å². The predicted octanol–water partition coefficient (Wildman–Crippen LogP) is 6.83. The molecule has 0 atom stereocenters. The van der Waals surface area contributed by atoms with Gasteiger partial charge in [0.1, 0.15) is 17.4 Å². The van der Waals surface area contributed by atoms with Gasteiger partial charge >= 0.3 is 5.97 Å². The van der Waals surface area contributed by atoms with Gasteiger partial charge in [-0.1, -0.05) is 26.0 Å². The fourth-order valence-corrected chi connectivity index (χ4v) is 4.47. The first kappa shape index (κ1) is 29.9. The number of halogens is 2. The molecule has 0 fully saturated rings. The van der Waals surface area contributed by atoms with Gasteiger partial charge in [0, 0.05) is 40.9 Å². The van der Waals surface area contributed by atoms with E-state index in [4.69, 9.17) is 14.6 Å². The quantitative estimate of drug-likeness (QED) is 0.176. The van der Waals surface area contributed by atoms with Crippen LogP contribution in [0, 0.1) is 17.6 Å². The summed E-state index contributed by atoms with van der Waals surface area (Å²) in [5.41, 5.74) is 1.33. The second-order valence-corrected chi connectivity index (χ2v) is 10.2. The number of carboxylic acid groups (broad SMARTS) is 1. The predicted molar refractivity (Wildman–Crippen MR) is 148 cm³/mol. The van der Waals surface area contributed by atoms with Gasteiger partial charge in [0.05, 0.1) is 12.8 Å². The Morgan fingerprint density at radius 2 is 1.90 bits per heavy atom. The summed E-state index contributed by atoms with van der Waals surface area (Å²) in [6, 6.07) is 7.49. The molecule has 0 saturated heterocycles. The lowest BCUT2D eigenvalue weighted by Crippen LogP contribution is -2.13. The molecule has 0 aliphatic carbocycles. The monoisotopic (exact) mass is 558 g/mol. The van der Waals surface area contributed by atoms with Crippen molar-refractivity contribution in [3.63, 3.8) is 0 Å². The number of rotatable bonds is 13. The van der Waals surface area contributed by atoms with Crippen LogP contribution in [0.5, 0.6) is 5.75 Å². The third-order valence-electron chi connectivity index (χ3n) is 5.92. The molecule has 0 aliphatic rings. The van der Waals surface area contributed by atoms with Crippen LogP contribution in [0.2, 0.25) is 0 Å². The van der Waals surface area contributed by atoms with E-state index < -0.39 is 29.1 Å². The van der Waals surface area contributed by atoms with E-state index in [1.54, 1.807) is 12.5 Å². The number of hydrogen-bond donors (Lipinski definition) is 2. The second-order valence-electron chi connectivity index (χ2n) is 9.37. The van der Waals surface area contributed by atoms with E-state index in [2.05, 4.69) is 24.1 Å². The van der Waals surface area contributed by atoms with Crippen LogP contribution in [-0.2, 0) is 16.0 Å². The first-order valence-electron chi connectivity index (χ1n) is 12.5. The van der Waals surface area contributed by atoms with Gasteiger partial charge in [-0.15, -0.1) is 11.3 Å². The molecule has 1 heterocycles. The molecule has 3 rings (SSSR count). The zero-order valence-electron chi connectivity index (χ0n) is 22.3. The van der Waals surface area contributed by atoms with Gasteiger partial charge in [0.2, 0.25) is 0 Å². The normalized spacial score (nSPS) is 11.6. The van der Waals surface area contributed by atoms with E-state index in [1.165, 1.54) is 6.92 Å². The maximum Gasteiger partial charge on any atom is 0.331 e. The molecule has 0 unspecified atom stereocenters. The third-order valence-corrected chi connectivity index (χ3v) is 6.67. The van der Waals surface area contributed by atoms with Gasteiger partial charge < -0.3 is 14.6 Å². The number of ether oxygens (including phenoxy) is 2. The first-order valence-corrected chi connectivity index (χ1v) is 13.4. The maximum atomic E-state index is 14.5. The SMILES string of the molecule is COc1c(CCCOCCC(C)C)cccc1-c1csc(NC(=O)c2cc(F)c(/C=C(\C)C(=O)O)c(F)c2)n1. The fourth-order valence-electron chi connectivity index (χ4n) is 3.77. The van der Waals surface area contributed by atoms with Crippen LogP contribution in [0.15, 0.2) is 41.3 Å². The molecule has 208 valence electrons. The van der Waals surface area contributed by atoms with Crippen LogP contribution >= 0.6 is 11.3 Å². The average Bonchev–Trinajstić information content (AvgIpc) is 3.35. The molecule has 0 saturated carbocycles. The fraction of sp³-hybridized carbons (Fsp3) is 0.345. The van der Waals surface area contributed by atoms with Crippen molar-refractivity contribution in [1.82, 2.24) is 4.98 Å². The number of amides is 1. The van der Waals surface area contributed by atoms with Crippen molar-refractivity contribution in [3.8, 4) is 17.0 Å². The molecule has 0 radical (unpaired) electrons. The Labute approximate surface area is 230 Å². The zero-order valence-corrected chi connectivity index (χ0v) is 23.2. The van der Waals surface area contributed by atoms with Crippen molar-refractivity contribution in [2.45, 2.75) is 40.0 Å². The molecule has 2 N–H and O–H groups in total. The van der Waals surface area contributed by atoms with Crippen molar-refractivity contribution in [2.24, 2.45) is 5.92 Å². The minimum atomic E-state index is -1.30. The van der Waals surface area contributed by atoms with Crippen molar-refractivity contribution in [2.75, 3.05) is 25.6 Å². The van der Waals surface area contributed by atoms with Crippen molar-refractivity contribution < 1.29 is 33.0 Å². The number of thiazole rings is 1. The molecule has 0 spiro atoms. The standard InChI is InChI=1S/C29H32F2N2O5S/c1-17(2)10-12-38-11-6-8-19-7-5-9-21(26(19)37-4)25-16-39-29(32-25)33-27(34)20-14-23(30)22(24(31)15-20)13-18(3)28(35)36/h5,7,9,13-17H,6,8,10-12H2,1-4H3,(H,35,36)(H,32,33,34)/b18-13+. The molecule has 1 amide bonds. The minimum Gasteiger partial charge on any atom is -0.496 e. The summed E-state index contributed by atoms with van der Waals surface area (Å²) >= 11 is 1.16. The van der Waals surface area contributed by atoms with Crippen molar-refractivity contribution in [1.29, 1.82) is 0 Å². The summed E-state index contributed by atoms with van der Waals surface area (Å²) in [5.74, 6) is -2.86. The summed E-state index contributed by atoms with van der Waals surface area (Å²) in [5, 5.41) is 13.5. The Bertz CT molecular complexity index is 1330. The third kappa shape index (κ3) is 8.18. The number of nitrogens with one attached hydrogen (secondary N) is 1. The van der Waals surface area contributed by atoms with Crippen LogP contribution in [0.25, 0.3) is 17.3 Å².